The molecule has 0 aliphatic carbocycles. The number of benzene rings is 1. The normalized spacial score (nSPS) is 23.2. The van der Waals surface area contributed by atoms with E-state index in [-0.39, 0.29) is 24.3 Å². The summed E-state index contributed by atoms with van der Waals surface area (Å²) in [7, 11) is 0. The van der Waals surface area contributed by atoms with Gasteiger partial charge in [-0.3, -0.25) is 14.4 Å². The summed E-state index contributed by atoms with van der Waals surface area (Å²) in [6.07, 6.45) is 1.13. The first-order chi connectivity index (χ1) is 12.4. The Morgan fingerprint density at radius 2 is 1.88 bits per heavy atom. The first-order valence-electron chi connectivity index (χ1n) is 8.97. The van der Waals surface area contributed by atoms with Crippen molar-refractivity contribution >= 4 is 35.2 Å². The minimum absolute atomic E-state index is 0.0200. The number of para-hydroxylation sites is 1. The summed E-state index contributed by atoms with van der Waals surface area (Å²) in [4.78, 5) is 40.4. The van der Waals surface area contributed by atoms with E-state index in [1.54, 1.807) is 24.3 Å². The summed E-state index contributed by atoms with van der Waals surface area (Å²) < 4.78 is 0. The van der Waals surface area contributed by atoms with E-state index in [9.17, 15) is 14.4 Å². The molecule has 2 aliphatic heterocycles. The van der Waals surface area contributed by atoms with Crippen molar-refractivity contribution in [2.45, 2.75) is 20.3 Å². The Hall–Kier alpha value is -2.02. The number of likely N-dealkylation sites (tertiary alicyclic amines) is 1. The van der Waals surface area contributed by atoms with Gasteiger partial charge in [-0.2, -0.15) is 0 Å². The number of carbonyl (C=O) groups excluding carboxylic acids is 3. The lowest BCUT2D eigenvalue weighted by Gasteiger charge is -2.35. The lowest BCUT2D eigenvalue weighted by molar-refractivity contribution is -0.130. The molecule has 3 rings (SSSR count). The molecule has 2 aliphatic rings. The van der Waals surface area contributed by atoms with E-state index in [0.29, 0.717) is 34.7 Å². The molecule has 2 heterocycles. The average Bonchev–Trinajstić information content (AvgIpc) is 2.98. The molecule has 0 bridgehead atoms. The van der Waals surface area contributed by atoms with Crippen molar-refractivity contribution in [3.8, 4) is 0 Å². The molecule has 3 amide bonds. The van der Waals surface area contributed by atoms with Gasteiger partial charge >= 0.3 is 0 Å². The first-order valence-corrected chi connectivity index (χ1v) is 10.1. The number of nitrogens with zero attached hydrogens (tertiary/aromatic N) is 2. The number of hydrogen-bond donors (Lipinski definition) is 1. The summed E-state index contributed by atoms with van der Waals surface area (Å²) in [5.74, 6) is 1.56. The minimum atomic E-state index is -0.276. The third-order valence-corrected chi connectivity index (χ3v) is 5.69. The van der Waals surface area contributed by atoms with Crippen LogP contribution in [0.25, 0.3) is 0 Å². The Kier molecular flexibility index (Phi) is 5.86. The number of rotatable bonds is 4. The zero-order chi connectivity index (χ0) is 18.7. The molecule has 2 fully saturated rings. The highest BCUT2D eigenvalue weighted by molar-refractivity contribution is 8.00. The van der Waals surface area contributed by atoms with E-state index in [1.165, 1.54) is 16.7 Å². The number of hydrogen-bond acceptors (Lipinski definition) is 4. The molecule has 2 saturated heterocycles. The van der Waals surface area contributed by atoms with Crippen LogP contribution in [0.1, 0.15) is 30.6 Å². The summed E-state index contributed by atoms with van der Waals surface area (Å²) in [5.41, 5.74) is 1.01. The summed E-state index contributed by atoms with van der Waals surface area (Å²) >= 11 is 1.50. The van der Waals surface area contributed by atoms with E-state index in [1.807, 2.05) is 4.90 Å². The maximum Gasteiger partial charge on any atom is 0.255 e. The molecule has 7 heteroatoms. The second-order valence-corrected chi connectivity index (χ2v) is 8.27. The van der Waals surface area contributed by atoms with Crippen molar-refractivity contribution < 1.29 is 14.4 Å². The number of carbonyl (C=O) groups is 3. The first kappa shape index (κ1) is 18.8. The van der Waals surface area contributed by atoms with E-state index in [2.05, 4.69) is 19.2 Å². The summed E-state index contributed by atoms with van der Waals surface area (Å²) in [6, 6.07) is 7.09. The Morgan fingerprint density at radius 1 is 1.19 bits per heavy atom. The van der Waals surface area contributed by atoms with Gasteiger partial charge in [-0.1, -0.05) is 26.0 Å². The van der Waals surface area contributed by atoms with Crippen LogP contribution in [-0.2, 0) is 9.59 Å². The molecule has 140 valence electrons. The molecule has 0 saturated carbocycles. The van der Waals surface area contributed by atoms with Crippen LogP contribution in [0.2, 0.25) is 0 Å². The molecule has 26 heavy (non-hydrogen) atoms. The number of nitrogens with one attached hydrogen (secondary N) is 1. The van der Waals surface area contributed by atoms with Crippen LogP contribution in [0.15, 0.2) is 24.3 Å². The largest absolute Gasteiger partial charge is 0.338 e. The van der Waals surface area contributed by atoms with Gasteiger partial charge in [0, 0.05) is 13.1 Å². The zero-order valence-electron chi connectivity index (χ0n) is 15.2. The van der Waals surface area contributed by atoms with Crippen LogP contribution < -0.4 is 5.32 Å². The third kappa shape index (κ3) is 4.38. The highest BCUT2D eigenvalue weighted by Gasteiger charge is 2.28. The third-order valence-electron chi connectivity index (χ3n) is 4.75. The van der Waals surface area contributed by atoms with Gasteiger partial charge < -0.3 is 15.1 Å². The van der Waals surface area contributed by atoms with Gasteiger partial charge in [0.05, 0.1) is 22.9 Å². The number of thioether (sulfide) groups is 1. The molecule has 2 unspecified atom stereocenters. The highest BCUT2D eigenvalue weighted by atomic mass is 32.2. The fraction of sp³-hybridized carbons (Fsp3) is 0.526. The van der Waals surface area contributed by atoms with Crippen LogP contribution in [0.3, 0.4) is 0 Å². The number of amides is 3. The molecule has 6 nitrogen and oxygen atoms in total. The second kappa shape index (κ2) is 8.12. The molecular weight excluding hydrogens is 350 g/mol. The van der Waals surface area contributed by atoms with Crippen molar-refractivity contribution in [3.05, 3.63) is 29.8 Å². The monoisotopic (exact) mass is 375 g/mol. The Morgan fingerprint density at radius 3 is 2.54 bits per heavy atom. The molecule has 1 aromatic carbocycles. The topological polar surface area (TPSA) is 69.7 Å². The average molecular weight is 375 g/mol. The second-order valence-electron chi connectivity index (χ2n) is 7.32. The molecule has 1 aromatic rings. The van der Waals surface area contributed by atoms with Crippen molar-refractivity contribution in [2.75, 3.05) is 36.6 Å². The summed E-state index contributed by atoms with van der Waals surface area (Å²) in [5, 5.41) is 2.81. The summed E-state index contributed by atoms with van der Waals surface area (Å²) in [6.45, 7) is 5.82. The Labute approximate surface area is 158 Å². The Balaban J connectivity index is 1.70. The quantitative estimate of drug-likeness (QED) is 0.877. The zero-order valence-corrected chi connectivity index (χ0v) is 16.1. The van der Waals surface area contributed by atoms with Gasteiger partial charge in [0.15, 0.2) is 0 Å². The molecule has 0 spiro atoms. The smallest absolute Gasteiger partial charge is 0.255 e. The predicted molar refractivity (Wildman–Crippen MR) is 103 cm³/mol. The van der Waals surface area contributed by atoms with Crippen LogP contribution in [0.4, 0.5) is 5.69 Å². The van der Waals surface area contributed by atoms with E-state index in [0.717, 1.165) is 19.5 Å². The number of anilines is 1. The van der Waals surface area contributed by atoms with Gasteiger partial charge in [0.1, 0.15) is 6.54 Å². The van der Waals surface area contributed by atoms with Gasteiger partial charge in [-0.25, -0.2) is 0 Å². The maximum absolute atomic E-state index is 13.0. The Bertz CT molecular complexity index is 699. The van der Waals surface area contributed by atoms with Crippen LogP contribution in [-0.4, -0.2) is 58.8 Å². The fourth-order valence-corrected chi connectivity index (χ4v) is 4.59. The van der Waals surface area contributed by atoms with Crippen molar-refractivity contribution in [1.29, 1.82) is 0 Å². The predicted octanol–water partition coefficient (Wildman–Crippen LogP) is 2.28. The van der Waals surface area contributed by atoms with Gasteiger partial charge in [0.2, 0.25) is 11.8 Å². The van der Waals surface area contributed by atoms with Crippen LogP contribution >= 0.6 is 11.8 Å². The SMILES string of the molecule is CC1CC(C)CN(C(=O)c2ccccc2NC(=O)CN2CSCC2=O)C1. The van der Waals surface area contributed by atoms with Crippen molar-refractivity contribution in [1.82, 2.24) is 9.80 Å². The van der Waals surface area contributed by atoms with E-state index < -0.39 is 0 Å². The number of piperidine rings is 1. The van der Waals surface area contributed by atoms with E-state index >= 15 is 0 Å². The van der Waals surface area contributed by atoms with Crippen molar-refractivity contribution in [3.63, 3.8) is 0 Å². The molecular formula is C19H25N3O3S. The van der Waals surface area contributed by atoms with Crippen LogP contribution in [0.5, 0.6) is 0 Å². The molecule has 1 N–H and O–H groups in total. The molecule has 2 atom stereocenters. The van der Waals surface area contributed by atoms with Gasteiger partial charge in [0.25, 0.3) is 5.91 Å². The lowest BCUT2D eigenvalue weighted by atomic mass is 9.91. The molecule has 0 radical (unpaired) electrons. The highest BCUT2D eigenvalue weighted by Crippen LogP contribution is 2.25. The standard InChI is InChI=1S/C19H25N3O3S/c1-13-7-14(2)9-21(8-13)19(25)15-5-3-4-6-16(15)20-17(23)10-22-12-26-11-18(22)24/h3-6,13-14H,7-12H2,1-2H3,(H,20,23). The molecule has 0 aromatic heterocycles. The van der Waals surface area contributed by atoms with Gasteiger partial charge in [-0.05, 0) is 30.4 Å². The van der Waals surface area contributed by atoms with Crippen LogP contribution in [0, 0.1) is 11.8 Å². The van der Waals surface area contributed by atoms with Gasteiger partial charge in [-0.15, -0.1) is 11.8 Å². The maximum atomic E-state index is 13.0. The minimum Gasteiger partial charge on any atom is -0.338 e. The lowest BCUT2D eigenvalue weighted by Crippen LogP contribution is -2.43. The van der Waals surface area contributed by atoms with E-state index in [4.69, 9.17) is 0 Å². The van der Waals surface area contributed by atoms with Crippen molar-refractivity contribution in [2.24, 2.45) is 11.8 Å². The fourth-order valence-electron chi connectivity index (χ4n) is 3.68.